The minimum absolute atomic E-state index is 0.190. The van der Waals surface area contributed by atoms with Crippen molar-refractivity contribution < 1.29 is 10.2 Å². The lowest BCUT2D eigenvalue weighted by molar-refractivity contribution is -0.0183. The minimum atomic E-state index is 0.190. The van der Waals surface area contributed by atoms with Crippen LogP contribution < -0.4 is 0 Å². The number of hydrogen-bond donors (Lipinski definition) is 2. The minimum Gasteiger partial charge on any atom is -0.508 e. The quantitative estimate of drug-likeness (QED) is 0.616. The molecule has 156 valence electrons. The van der Waals surface area contributed by atoms with E-state index in [2.05, 4.69) is 6.07 Å². The number of phenolic OH excluding ortho intramolecular Hbond substituents is 2. The van der Waals surface area contributed by atoms with Crippen LogP contribution in [-0.4, -0.2) is 10.2 Å². The van der Waals surface area contributed by atoms with E-state index in [0.717, 1.165) is 41.1 Å². The first-order valence-corrected chi connectivity index (χ1v) is 12.5. The van der Waals surface area contributed by atoms with E-state index in [0.29, 0.717) is 11.5 Å². The number of rotatable bonds is 2. The highest BCUT2D eigenvalue weighted by Gasteiger charge is 2.57. The van der Waals surface area contributed by atoms with Crippen LogP contribution in [0.25, 0.3) is 0 Å². The molecule has 1 aromatic carbocycles. The Morgan fingerprint density at radius 3 is 1.45 bits per heavy atom. The predicted octanol–water partition coefficient (Wildman–Crippen LogP) is 6.34. The zero-order chi connectivity index (χ0) is 19.5. The largest absolute Gasteiger partial charge is 0.508 e. The van der Waals surface area contributed by atoms with E-state index in [1.165, 1.54) is 88.2 Å². The Bertz CT molecular complexity index is 810. The molecule has 0 amide bonds. The second-order valence-electron chi connectivity index (χ2n) is 12.7. The standard InChI is InChI=1S/C27H36O2/c1-15-23(28)8-22(26-9-16-2-17(10-26)4-18(3-16)11-26)24(25(15)29)27-12-19-5-20(13-27)7-21(6-19)14-27/h8,16-21,28-29H,2-7,9-14H2,1H3. The number of aromatic hydroxyl groups is 2. The Hall–Kier alpha value is -1.18. The van der Waals surface area contributed by atoms with Gasteiger partial charge in [-0.3, -0.25) is 0 Å². The summed E-state index contributed by atoms with van der Waals surface area (Å²) in [5.41, 5.74) is 3.88. The van der Waals surface area contributed by atoms with Crippen molar-refractivity contribution >= 4 is 0 Å². The summed E-state index contributed by atoms with van der Waals surface area (Å²) >= 11 is 0. The van der Waals surface area contributed by atoms with Gasteiger partial charge >= 0.3 is 0 Å². The SMILES string of the molecule is Cc1c(O)cc(C23CC4CC(CC(C4)C2)C3)c(C23CC4CC(CC(C4)C2)C3)c1O. The van der Waals surface area contributed by atoms with Crippen LogP contribution in [0.2, 0.25) is 0 Å². The number of hydrogen-bond acceptors (Lipinski definition) is 2. The van der Waals surface area contributed by atoms with Gasteiger partial charge in [0.05, 0.1) is 0 Å². The molecular weight excluding hydrogens is 356 g/mol. The van der Waals surface area contributed by atoms with E-state index in [1.807, 2.05) is 6.92 Å². The van der Waals surface area contributed by atoms with Gasteiger partial charge in [0.15, 0.2) is 0 Å². The van der Waals surface area contributed by atoms with Crippen LogP contribution in [-0.2, 0) is 10.8 Å². The second-order valence-corrected chi connectivity index (χ2v) is 12.7. The normalized spacial score (nSPS) is 49.1. The maximum absolute atomic E-state index is 11.6. The van der Waals surface area contributed by atoms with Crippen molar-refractivity contribution in [3.8, 4) is 11.5 Å². The molecule has 0 saturated heterocycles. The highest BCUT2D eigenvalue weighted by molar-refractivity contribution is 5.58. The lowest BCUT2D eigenvalue weighted by Gasteiger charge is -2.61. The topological polar surface area (TPSA) is 40.5 Å². The fourth-order valence-corrected chi connectivity index (χ4v) is 10.6. The third-order valence-corrected chi connectivity index (χ3v) is 10.7. The zero-order valence-corrected chi connectivity index (χ0v) is 17.9. The van der Waals surface area contributed by atoms with E-state index >= 15 is 0 Å². The van der Waals surface area contributed by atoms with E-state index in [-0.39, 0.29) is 10.8 Å². The van der Waals surface area contributed by atoms with Crippen LogP contribution in [0, 0.1) is 42.4 Å². The predicted molar refractivity (Wildman–Crippen MR) is 114 cm³/mol. The average molecular weight is 393 g/mol. The molecule has 0 atom stereocenters. The van der Waals surface area contributed by atoms with Crippen molar-refractivity contribution in [1.29, 1.82) is 0 Å². The first-order valence-electron chi connectivity index (χ1n) is 12.5. The van der Waals surface area contributed by atoms with Crippen LogP contribution in [0.1, 0.15) is 93.7 Å². The first-order chi connectivity index (χ1) is 13.9. The Labute approximate surface area is 175 Å². The summed E-state index contributed by atoms with van der Waals surface area (Å²) in [6.07, 6.45) is 16.4. The van der Waals surface area contributed by atoms with Crippen molar-refractivity contribution in [2.24, 2.45) is 35.5 Å². The molecule has 1 aromatic rings. The molecule has 0 aliphatic heterocycles. The Balaban J connectivity index is 1.43. The highest BCUT2D eigenvalue weighted by Crippen LogP contribution is 2.67. The lowest BCUT2D eigenvalue weighted by atomic mass is 9.44. The number of benzene rings is 1. The van der Waals surface area contributed by atoms with Gasteiger partial charge in [0.25, 0.3) is 0 Å². The van der Waals surface area contributed by atoms with Gasteiger partial charge < -0.3 is 10.2 Å². The van der Waals surface area contributed by atoms with Crippen molar-refractivity contribution in [1.82, 2.24) is 0 Å². The van der Waals surface area contributed by atoms with Crippen LogP contribution in [0.4, 0.5) is 0 Å². The molecule has 0 unspecified atom stereocenters. The summed E-state index contributed by atoms with van der Waals surface area (Å²) in [6, 6.07) is 2.15. The average Bonchev–Trinajstić information content (AvgIpc) is 2.63. The molecule has 29 heavy (non-hydrogen) atoms. The molecule has 0 spiro atoms. The molecule has 0 aromatic heterocycles. The van der Waals surface area contributed by atoms with E-state index in [4.69, 9.17) is 0 Å². The monoisotopic (exact) mass is 392 g/mol. The second kappa shape index (κ2) is 5.54. The molecule has 0 heterocycles. The summed E-state index contributed by atoms with van der Waals surface area (Å²) in [6.45, 7) is 1.93. The molecule has 8 saturated carbocycles. The van der Waals surface area contributed by atoms with Gasteiger partial charge in [-0.1, -0.05) is 0 Å². The van der Waals surface area contributed by atoms with Crippen molar-refractivity contribution in [3.63, 3.8) is 0 Å². The maximum Gasteiger partial charge on any atom is 0.126 e. The molecule has 8 aliphatic rings. The van der Waals surface area contributed by atoms with Crippen LogP contribution in [0.15, 0.2) is 6.07 Å². The Morgan fingerprint density at radius 1 is 0.655 bits per heavy atom. The summed E-state index contributed by atoms with van der Waals surface area (Å²) in [4.78, 5) is 0. The van der Waals surface area contributed by atoms with Crippen molar-refractivity contribution in [2.45, 2.75) is 94.8 Å². The molecule has 2 N–H and O–H groups in total. The van der Waals surface area contributed by atoms with E-state index in [9.17, 15) is 10.2 Å². The Kier molecular flexibility index (Phi) is 3.34. The van der Waals surface area contributed by atoms with Gasteiger partial charge in [-0.15, -0.1) is 0 Å². The fourth-order valence-electron chi connectivity index (χ4n) is 10.6. The summed E-state index contributed by atoms with van der Waals surface area (Å²) in [5.74, 6) is 6.08. The Morgan fingerprint density at radius 2 is 1.03 bits per heavy atom. The van der Waals surface area contributed by atoms with Crippen LogP contribution in [0.5, 0.6) is 11.5 Å². The van der Waals surface area contributed by atoms with Gasteiger partial charge in [0.1, 0.15) is 11.5 Å². The van der Waals surface area contributed by atoms with Gasteiger partial charge in [-0.25, -0.2) is 0 Å². The first kappa shape index (κ1) is 17.5. The van der Waals surface area contributed by atoms with Gasteiger partial charge in [0.2, 0.25) is 0 Å². The molecule has 8 aliphatic carbocycles. The van der Waals surface area contributed by atoms with Gasteiger partial charge in [-0.05, 0) is 137 Å². The third kappa shape index (κ3) is 2.30. The molecule has 8 bridgehead atoms. The molecule has 2 nitrogen and oxygen atoms in total. The smallest absolute Gasteiger partial charge is 0.126 e. The highest BCUT2D eigenvalue weighted by atomic mass is 16.3. The third-order valence-electron chi connectivity index (χ3n) is 10.7. The zero-order valence-electron chi connectivity index (χ0n) is 17.9. The van der Waals surface area contributed by atoms with Gasteiger partial charge in [-0.2, -0.15) is 0 Å². The fraction of sp³-hybridized carbons (Fsp3) is 0.778. The van der Waals surface area contributed by atoms with Crippen molar-refractivity contribution in [3.05, 3.63) is 22.8 Å². The molecule has 9 rings (SSSR count). The van der Waals surface area contributed by atoms with Crippen molar-refractivity contribution in [2.75, 3.05) is 0 Å². The van der Waals surface area contributed by atoms with Gasteiger partial charge in [0, 0.05) is 16.5 Å². The lowest BCUT2D eigenvalue weighted by Crippen LogP contribution is -2.52. The molecule has 8 fully saturated rings. The van der Waals surface area contributed by atoms with E-state index in [1.54, 1.807) is 0 Å². The van der Waals surface area contributed by atoms with Crippen LogP contribution in [0.3, 0.4) is 0 Å². The summed E-state index contributed by atoms with van der Waals surface area (Å²) in [7, 11) is 0. The maximum atomic E-state index is 11.6. The molecule has 0 radical (unpaired) electrons. The molecule has 2 heteroatoms. The number of phenols is 2. The summed E-state index contributed by atoms with van der Waals surface area (Å²) in [5, 5.41) is 22.4. The molecular formula is C27H36O2. The summed E-state index contributed by atoms with van der Waals surface area (Å²) < 4.78 is 0. The van der Waals surface area contributed by atoms with Crippen LogP contribution >= 0.6 is 0 Å². The van der Waals surface area contributed by atoms with E-state index < -0.39 is 0 Å².